The summed E-state index contributed by atoms with van der Waals surface area (Å²) in [5.41, 5.74) is 0.997. The summed E-state index contributed by atoms with van der Waals surface area (Å²) in [7, 11) is 1.19. The van der Waals surface area contributed by atoms with Crippen LogP contribution in [0.4, 0.5) is 0 Å². The Morgan fingerprint density at radius 1 is 1.29 bits per heavy atom. The molecule has 1 atom stereocenters. The van der Waals surface area contributed by atoms with E-state index in [1.807, 2.05) is 32.0 Å². The number of esters is 1. The Bertz CT molecular complexity index is 487. The first-order chi connectivity index (χ1) is 9.99. The lowest BCUT2D eigenvalue weighted by molar-refractivity contribution is -0.146. The highest BCUT2D eigenvalue weighted by molar-refractivity contribution is 5.85. The average molecular weight is 295 g/mol. The molecule has 0 bridgehead atoms. The van der Waals surface area contributed by atoms with Gasteiger partial charge in [-0.3, -0.25) is 4.79 Å². The Morgan fingerprint density at radius 2 is 1.95 bits per heavy atom. The molecule has 1 unspecified atom stereocenters. The van der Waals surface area contributed by atoms with Crippen molar-refractivity contribution in [2.75, 3.05) is 20.3 Å². The van der Waals surface area contributed by atoms with Crippen molar-refractivity contribution < 1.29 is 24.2 Å². The number of aliphatic hydroxyl groups excluding tert-OH is 1. The summed E-state index contributed by atoms with van der Waals surface area (Å²) in [5, 5.41) is 11.4. The smallest absolute Gasteiger partial charge is 0.330 e. The SMILES string of the molecule is COC(=O)C(CO)NC(=O)COc1ccccc1C(C)C. The second-order valence-corrected chi connectivity index (χ2v) is 4.81. The predicted molar refractivity (Wildman–Crippen MR) is 77.1 cm³/mol. The number of benzene rings is 1. The zero-order valence-corrected chi connectivity index (χ0v) is 12.5. The summed E-state index contributed by atoms with van der Waals surface area (Å²) in [5.74, 6) is -0.308. The van der Waals surface area contributed by atoms with E-state index in [1.54, 1.807) is 6.07 Å². The molecule has 2 N–H and O–H groups in total. The van der Waals surface area contributed by atoms with Crippen LogP contribution in [0.5, 0.6) is 5.75 Å². The van der Waals surface area contributed by atoms with Crippen LogP contribution >= 0.6 is 0 Å². The molecule has 0 aliphatic heterocycles. The van der Waals surface area contributed by atoms with Gasteiger partial charge in [-0.2, -0.15) is 0 Å². The lowest BCUT2D eigenvalue weighted by Gasteiger charge is -2.16. The van der Waals surface area contributed by atoms with Crippen molar-refractivity contribution in [1.29, 1.82) is 0 Å². The van der Waals surface area contributed by atoms with E-state index in [1.165, 1.54) is 7.11 Å². The Balaban J connectivity index is 2.59. The number of para-hydroxylation sites is 1. The molecule has 0 aromatic heterocycles. The number of ether oxygens (including phenoxy) is 2. The Labute approximate surface area is 124 Å². The van der Waals surface area contributed by atoms with Crippen LogP contribution in [0.3, 0.4) is 0 Å². The van der Waals surface area contributed by atoms with E-state index in [4.69, 9.17) is 9.84 Å². The summed E-state index contributed by atoms with van der Waals surface area (Å²) in [6.07, 6.45) is 0. The molecule has 6 nitrogen and oxygen atoms in total. The van der Waals surface area contributed by atoms with Crippen LogP contribution in [0, 0.1) is 0 Å². The minimum Gasteiger partial charge on any atom is -0.483 e. The zero-order chi connectivity index (χ0) is 15.8. The van der Waals surface area contributed by atoms with Crippen LogP contribution < -0.4 is 10.1 Å². The second-order valence-electron chi connectivity index (χ2n) is 4.81. The largest absolute Gasteiger partial charge is 0.483 e. The van der Waals surface area contributed by atoms with Crippen molar-refractivity contribution in [2.45, 2.75) is 25.8 Å². The molecule has 0 spiro atoms. The van der Waals surface area contributed by atoms with Gasteiger partial charge in [0.15, 0.2) is 12.6 Å². The molecule has 0 heterocycles. The van der Waals surface area contributed by atoms with Gasteiger partial charge in [0.25, 0.3) is 5.91 Å². The lowest BCUT2D eigenvalue weighted by atomic mass is 10.0. The van der Waals surface area contributed by atoms with Crippen molar-refractivity contribution in [3.05, 3.63) is 29.8 Å². The maximum atomic E-state index is 11.7. The van der Waals surface area contributed by atoms with Crippen LogP contribution in [-0.4, -0.2) is 43.3 Å². The molecule has 0 aliphatic rings. The third-order valence-corrected chi connectivity index (χ3v) is 2.90. The number of aliphatic hydroxyl groups is 1. The standard InChI is InChI=1S/C15H21NO5/c1-10(2)11-6-4-5-7-13(11)21-9-14(18)16-12(8-17)15(19)20-3/h4-7,10,12,17H,8-9H2,1-3H3,(H,16,18). The van der Waals surface area contributed by atoms with Crippen LogP contribution in [0.15, 0.2) is 24.3 Å². The molecular weight excluding hydrogens is 274 g/mol. The van der Waals surface area contributed by atoms with Crippen LogP contribution in [0.1, 0.15) is 25.3 Å². The Kier molecular flexibility index (Phi) is 6.68. The molecule has 0 saturated heterocycles. The average Bonchev–Trinajstić information content (AvgIpc) is 2.49. The summed E-state index contributed by atoms with van der Waals surface area (Å²) >= 11 is 0. The molecule has 6 heteroatoms. The summed E-state index contributed by atoms with van der Waals surface area (Å²) in [4.78, 5) is 23.0. The molecule has 0 aliphatic carbocycles. The third-order valence-electron chi connectivity index (χ3n) is 2.90. The van der Waals surface area contributed by atoms with Gasteiger partial charge < -0.3 is 19.9 Å². The molecule has 21 heavy (non-hydrogen) atoms. The fourth-order valence-electron chi connectivity index (χ4n) is 1.79. The summed E-state index contributed by atoms with van der Waals surface area (Å²) < 4.78 is 9.94. The minimum atomic E-state index is -1.08. The highest BCUT2D eigenvalue weighted by Crippen LogP contribution is 2.25. The normalized spacial score (nSPS) is 11.9. The molecule has 116 valence electrons. The van der Waals surface area contributed by atoms with Gasteiger partial charge >= 0.3 is 5.97 Å². The zero-order valence-electron chi connectivity index (χ0n) is 12.5. The van der Waals surface area contributed by atoms with E-state index < -0.39 is 24.5 Å². The number of methoxy groups -OCH3 is 1. The van der Waals surface area contributed by atoms with Gasteiger partial charge in [0, 0.05) is 0 Å². The Morgan fingerprint density at radius 3 is 2.52 bits per heavy atom. The lowest BCUT2D eigenvalue weighted by Crippen LogP contribution is -2.45. The highest BCUT2D eigenvalue weighted by atomic mass is 16.5. The molecule has 1 amide bonds. The number of hydrogen-bond donors (Lipinski definition) is 2. The van der Waals surface area contributed by atoms with Gasteiger partial charge in [0.05, 0.1) is 13.7 Å². The summed E-state index contributed by atoms with van der Waals surface area (Å²) in [6.45, 7) is 3.29. The van der Waals surface area contributed by atoms with Gasteiger partial charge in [-0.15, -0.1) is 0 Å². The number of carbonyl (C=O) groups is 2. The molecule has 0 saturated carbocycles. The van der Waals surface area contributed by atoms with Crippen molar-refractivity contribution in [3.8, 4) is 5.75 Å². The number of carbonyl (C=O) groups excluding carboxylic acids is 2. The molecule has 0 fully saturated rings. The van der Waals surface area contributed by atoms with Crippen LogP contribution in [-0.2, 0) is 14.3 Å². The quantitative estimate of drug-likeness (QED) is 0.728. The van der Waals surface area contributed by atoms with Crippen molar-refractivity contribution in [1.82, 2.24) is 5.32 Å². The molecule has 1 aromatic carbocycles. The predicted octanol–water partition coefficient (Wildman–Crippen LogP) is 0.839. The number of rotatable bonds is 7. The number of amides is 1. The van der Waals surface area contributed by atoms with Crippen molar-refractivity contribution >= 4 is 11.9 Å². The fourth-order valence-corrected chi connectivity index (χ4v) is 1.79. The van der Waals surface area contributed by atoms with E-state index in [0.717, 1.165) is 5.56 Å². The van der Waals surface area contributed by atoms with Gasteiger partial charge in [0.1, 0.15) is 5.75 Å². The van der Waals surface area contributed by atoms with E-state index >= 15 is 0 Å². The van der Waals surface area contributed by atoms with Gasteiger partial charge in [-0.05, 0) is 17.5 Å². The monoisotopic (exact) mass is 295 g/mol. The van der Waals surface area contributed by atoms with E-state index in [9.17, 15) is 9.59 Å². The third kappa shape index (κ3) is 5.07. The van der Waals surface area contributed by atoms with Crippen LogP contribution in [0.25, 0.3) is 0 Å². The summed E-state index contributed by atoms with van der Waals surface area (Å²) in [6, 6.07) is 6.37. The number of hydrogen-bond acceptors (Lipinski definition) is 5. The van der Waals surface area contributed by atoms with Gasteiger partial charge in [-0.1, -0.05) is 32.0 Å². The molecule has 0 radical (unpaired) electrons. The first kappa shape index (κ1) is 17.0. The van der Waals surface area contributed by atoms with E-state index in [0.29, 0.717) is 5.75 Å². The maximum Gasteiger partial charge on any atom is 0.330 e. The van der Waals surface area contributed by atoms with E-state index in [2.05, 4.69) is 10.1 Å². The number of nitrogens with one attached hydrogen (secondary N) is 1. The first-order valence-electron chi connectivity index (χ1n) is 6.69. The minimum absolute atomic E-state index is 0.239. The van der Waals surface area contributed by atoms with Gasteiger partial charge in [-0.25, -0.2) is 4.79 Å². The van der Waals surface area contributed by atoms with Crippen LogP contribution in [0.2, 0.25) is 0 Å². The maximum absolute atomic E-state index is 11.7. The molecule has 1 rings (SSSR count). The molecule has 1 aromatic rings. The van der Waals surface area contributed by atoms with E-state index in [-0.39, 0.29) is 12.5 Å². The fraction of sp³-hybridized carbons (Fsp3) is 0.467. The van der Waals surface area contributed by atoms with Crippen molar-refractivity contribution in [3.63, 3.8) is 0 Å². The first-order valence-corrected chi connectivity index (χ1v) is 6.69. The van der Waals surface area contributed by atoms with Gasteiger partial charge in [0.2, 0.25) is 0 Å². The Hall–Kier alpha value is -2.08. The topological polar surface area (TPSA) is 84.9 Å². The highest BCUT2D eigenvalue weighted by Gasteiger charge is 2.20. The molecular formula is C15H21NO5. The van der Waals surface area contributed by atoms with Crippen molar-refractivity contribution in [2.24, 2.45) is 0 Å². The second kappa shape index (κ2) is 8.26.